The Morgan fingerprint density at radius 1 is 1.35 bits per heavy atom. The molecule has 0 spiro atoms. The van der Waals surface area contributed by atoms with Crippen molar-refractivity contribution in [3.8, 4) is 0 Å². The topological polar surface area (TPSA) is 49.8 Å². The molecule has 1 aliphatic rings. The predicted molar refractivity (Wildman–Crippen MR) is 68.6 cm³/mol. The number of carbonyl (C=O) groups excluding carboxylic acids is 1. The number of amides is 1. The summed E-state index contributed by atoms with van der Waals surface area (Å²) in [5.74, 6) is -1.62. The number of halogens is 2. The molecule has 0 aromatic heterocycles. The molecule has 4 nitrogen and oxygen atoms in total. The van der Waals surface area contributed by atoms with Crippen LogP contribution >= 0.6 is 0 Å². The summed E-state index contributed by atoms with van der Waals surface area (Å²) in [6, 6.07) is 8.46. The minimum Gasteiger partial charge on any atom is -0.390 e. The number of ether oxygens (including phenoxy) is 1. The van der Waals surface area contributed by atoms with Gasteiger partial charge in [0, 0.05) is 25.8 Å². The maximum Gasteiger partial charge on any atom is 0.253 e. The van der Waals surface area contributed by atoms with Gasteiger partial charge in [0.2, 0.25) is 6.43 Å². The molecule has 0 bridgehead atoms. The van der Waals surface area contributed by atoms with Gasteiger partial charge in [-0.2, -0.15) is 0 Å². The van der Waals surface area contributed by atoms with E-state index in [2.05, 4.69) is 0 Å². The molecule has 1 aliphatic heterocycles. The Labute approximate surface area is 116 Å². The number of methoxy groups -OCH3 is 1. The van der Waals surface area contributed by atoms with Crippen LogP contribution in [0.4, 0.5) is 8.78 Å². The molecule has 1 aromatic carbocycles. The highest BCUT2D eigenvalue weighted by atomic mass is 19.3. The van der Waals surface area contributed by atoms with Gasteiger partial charge in [0.15, 0.2) is 0 Å². The number of hydrogen-bond donors (Lipinski definition) is 1. The van der Waals surface area contributed by atoms with E-state index < -0.39 is 24.6 Å². The molecule has 6 heteroatoms. The molecule has 1 heterocycles. The second-order valence-corrected chi connectivity index (χ2v) is 4.84. The third kappa shape index (κ3) is 2.96. The quantitative estimate of drug-likeness (QED) is 0.913. The van der Waals surface area contributed by atoms with E-state index in [1.807, 2.05) is 0 Å². The largest absolute Gasteiger partial charge is 0.390 e. The molecule has 0 unspecified atom stereocenters. The maximum absolute atomic E-state index is 13.0. The van der Waals surface area contributed by atoms with Gasteiger partial charge in [-0.3, -0.25) is 4.79 Å². The smallest absolute Gasteiger partial charge is 0.253 e. The second kappa shape index (κ2) is 6.28. The lowest BCUT2D eigenvalue weighted by atomic mass is 9.92. The van der Waals surface area contributed by atoms with Gasteiger partial charge in [-0.05, 0) is 12.1 Å². The second-order valence-electron chi connectivity index (χ2n) is 4.84. The van der Waals surface area contributed by atoms with E-state index in [9.17, 15) is 18.7 Å². The maximum atomic E-state index is 13.0. The number of hydrogen-bond acceptors (Lipinski definition) is 3. The fourth-order valence-corrected chi connectivity index (χ4v) is 2.41. The Bertz CT molecular complexity index is 455. The van der Waals surface area contributed by atoms with Crippen molar-refractivity contribution in [1.82, 2.24) is 4.90 Å². The Morgan fingerprint density at radius 2 is 2.00 bits per heavy atom. The molecule has 1 amide bonds. The highest BCUT2D eigenvalue weighted by Crippen LogP contribution is 2.26. The number of alkyl halides is 2. The molecule has 20 heavy (non-hydrogen) atoms. The summed E-state index contributed by atoms with van der Waals surface area (Å²) in [6.07, 6.45) is -4.76. The first-order chi connectivity index (χ1) is 9.54. The first-order valence-electron chi connectivity index (χ1n) is 6.38. The van der Waals surface area contributed by atoms with Crippen LogP contribution in [0.2, 0.25) is 0 Å². The van der Waals surface area contributed by atoms with Gasteiger partial charge in [-0.25, -0.2) is 8.78 Å². The molecule has 2 rings (SSSR count). The summed E-state index contributed by atoms with van der Waals surface area (Å²) in [5, 5.41) is 9.83. The van der Waals surface area contributed by atoms with E-state index in [1.54, 1.807) is 30.3 Å². The average Bonchev–Trinajstić information content (AvgIpc) is 2.47. The Morgan fingerprint density at radius 3 is 2.55 bits per heavy atom. The summed E-state index contributed by atoms with van der Waals surface area (Å²) in [6.45, 7) is -0.0684. The van der Waals surface area contributed by atoms with Crippen molar-refractivity contribution in [3.05, 3.63) is 35.9 Å². The molecule has 1 N–H and O–H groups in total. The van der Waals surface area contributed by atoms with E-state index in [-0.39, 0.29) is 19.0 Å². The van der Waals surface area contributed by atoms with Gasteiger partial charge in [-0.15, -0.1) is 0 Å². The van der Waals surface area contributed by atoms with Crippen LogP contribution in [0.3, 0.4) is 0 Å². The molecule has 0 saturated carbocycles. The number of rotatable bonds is 3. The molecule has 0 aliphatic carbocycles. The number of piperidine rings is 1. The molecule has 1 aromatic rings. The lowest BCUT2D eigenvalue weighted by Gasteiger charge is -2.40. The highest BCUT2D eigenvalue weighted by molar-refractivity contribution is 5.94. The molecule has 110 valence electrons. The lowest BCUT2D eigenvalue weighted by molar-refractivity contribution is -0.120. The molecule has 0 radical (unpaired) electrons. The molecular weight excluding hydrogens is 268 g/mol. The minimum atomic E-state index is -2.70. The third-order valence-corrected chi connectivity index (χ3v) is 3.59. The van der Waals surface area contributed by atoms with Crippen LogP contribution in [0.25, 0.3) is 0 Å². The van der Waals surface area contributed by atoms with Crippen LogP contribution in [0, 0.1) is 5.92 Å². The zero-order valence-corrected chi connectivity index (χ0v) is 11.1. The predicted octanol–water partition coefficient (Wildman–Crippen LogP) is 1.40. The van der Waals surface area contributed by atoms with Gasteiger partial charge < -0.3 is 14.7 Å². The standard InChI is InChI=1S/C14H17F2NO3/c1-20-11-8-17(7-10(12(11)18)13(15)16)14(19)9-5-3-2-4-6-9/h2-6,10-13,18H,7-8H2,1H3/t10-,11+,12+/m0/s1. The zero-order valence-electron chi connectivity index (χ0n) is 11.1. The van der Waals surface area contributed by atoms with Crippen LogP contribution in [-0.4, -0.2) is 54.7 Å². The van der Waals surface area contributed by atoms with Crippen LogP contribution in [0.15, 0.2) is 30.3 Å². The summed E-state index contributed by atoms with van der Waals surface area (Å²) in [7, 11) is 1.34. The monoisotopic (exact) mass is 285 g/mol. The van der Waals surface area contributed by atoms with E-state index >= 15 is 0 Å². The summed E-state index contributed by atoms with van der Waals surface area (Å²) in [4.78, 5) is 13.6. The van der Waals surface area contributed by atoms with Crippen molar-refractivity contribution in [1.29, 1.82) is 0 Å². The highest BCUT2D eigenvalue weighted by Gasteiger charge is 2.42. The average molecular weight is 285 g/mol. The van der Waals surface area contributed by atoms with Crippen molar-refractivity contribution < 1.29 is 23.4 Å². The van der Waals surface area contributed by atoms with E-state index in [0.29, 0.717) is 5.56 Å². The van der Waals surface area contributed by atoms with Gasteiger partial charge in [0.1, 0.15) is 6.10 Å². The molecule has 1 fully saturated rings. The van der Waals surface area contributed by atoms with Crippen LogP contribution in [-0.2, 0) is 4.74 Å². The number of likely N-dealkylation sites (tertiary alicyclic amines) is 1. The molecule has 1 saturated heterocycles. The van der Waals surface area contributed by atoms with Gasteiger partial charge in [0.25, 0.3) is 5.91 Å². The Hall–Kier alpha value is -1.53. The van der Waals surface area contributed by atoms with Crippen molar-refractivity contribution >= 4 is 5.91 Å². The number of benzene rings is 1. The summed E-state index contributed by atoms with van der Waals surface area (Å²) < 4.78 is 31.0. The van der Waals surface area contributed by atoms with Crippen molar-refractivity contribution in [2.45, 2.75) is 18.6 Å². The number of aliphatic hydroxyl groups is 1. The van der Waals surface area contributed by atoms with E-state index in [4.69, 9.17) is 4.74 Å². The summed E-state index contributed by atoms with van der Waals surface area (Å²) in [5.41, 5.74) is 0.437. The van der Waals surface area contributed by atoms with Gasteiger partial charge in [-0.1, -0.05) is 18.2 Å². The van der Waals surface area contributed by atoms with E-state index in [0.717, 1.165) is 0 Å². The fourth-order valence-electron chi connectivity index (χ4n) is 2.41. The lowest BCUT2D eigenvalue weighted by Crippen LogP contribution is -2.56. The number of carbonyl (C=O) groups is 1. The SMILES string of the molecule is CO[C@@H]1CN(C(=O)c2ccccc2)C[C@H](C(F)F)[C@H]1O. The number of aliphatic hydroxyl groups excluding tert-OH is 1. The first-order valence-corrected chi connectivity index (χ1v) is 6.38. The van der Waals surface area contributed by atoms with Gasteiger partial charge in [0.05, 0.1) is 12.0 Å². The Balaban J connectivity index is 2.18. The van der Waals surface area contributed by atoms with Crippen LogP contribution in [0.1, 0.15) is 10.4 Å². The Kier molecular flexibility index (Phi) is 4.67. The van der Waals surface area contributed by atoms with Crippen molar-refractivity contribution in [3.63, 3.8) is 0 Å². The van der Waals surface area contributed by atoms with Crippen molar-refractivity contribution in [2.75, 3.05) is 20.2 Å². The first kappa shape index (κ1) is 14.9. The van der Waals surface area contributed by atoms with Crippen molar-refractivity contribution in [2.24, 2.45) is 5.92 Å². The fraction of sp³-hybridized carbons (Fsp3) is 0.500. The molecule has 3 atom stereocenters. The zero-order chi connectivity index (χ0) is 14.7. The minimum absolute atomic E-state index is 0.106. The van der Waals surface area contributed by atoms with Gasteiger partial charge >= 0.3 is 0 Å². The summed E-state index contributed by atoms with van der Waals surface area (Å²) >= 11 is 0. The normalized spacial score (nSPS) is 26.9. The number of nitrogens with zero attached hydrogens (tertiary/aromatic N) is 1. The van der Waals surface area contributed by atoms with Crippen LogP contribution in [0.5, 0.6) is 0 Å². The third-order valence-electron chi connectivity index (χ3n) is 3.59. The molecular formula is C14H17F2NO3. The van der Waals surface area contributed by atoms with Crippen LogP contribution < -0.4 is 0 Å². The van der Waals surface area contributed by atoms with E-state index in [1.165, 1.54) is 12.0 Å².